The van der Waals surface area contributed by atoms with Gasteiger partial charge in [0, 0.05) is 0 Å². The van der Waals surface area contributed by atoms with Crippen molar-refractivity contribution in [3.63, 3.8) is 0 Å². The van der Waals surface area contributed by atoms with Crippen molar-refractivity contribution < 1.29 is 9.53 Å². The third-order valence-electron chi connectivity index (χ3n) is 1.58. The summed E-state index contributed by atoms with van der Waals surface area (Å²) < 4.78 is 5.19. The lowest BCUT2D eigenvalue weighted by Gasteiger charge is -2.05. The van der Waals surface area contributed by atoms with Crippen molar-refractivity contribution in [3.8, 4) is 18.1 Å². The van der Waals surface area contributed by atoms with Crippen LogP contribution in [0.2, 0.25) is 0 Å². The second kappa shape index (κ2) is 4.32. The molecule has 0 amide bonds. The standard InChI is InChI=1S/C11H10O2/c1-3-8-13-11-7-5-4-6-10(11)9(2)12/h1,4-7H,8H2,2H3. The molecule has 0 saturated heterocycles. The Kier molecular flexibility index (Phi) is 3.10. The summed E-state index contributed by atoms with van der Waals surface area (Å²) in [7, 11) is 0. The van der Waals surface area contributed by atoms with Crippen LogP contribution < -0.4 is 4.74 Å². The van der Waals surface area contributed by atoms with Crippen LogP contribution >= 0.6 is 0 Å². The van der Waals surface area contributed by atoms with Gasteiger partial charge in [-0.2, -0.15) is 0 Å². The van der Waals surface area contributed by atoms with Crippen LogP contribution in [-0.4, -0.2) is 12.4 Å². The lowest BCUT2D eigenvalue weighted by molar-refractivity contribution is 0.101. The molecule has 0 saturated carbocycles. The van der Waals surface area contributed by atoms with E-state index in [0.29, 0.717) is 11.3 Å². The van der Waals surface area contributed by atoms with Gasteiger partial charge in [-0.3, -0.25) is 4.79 Å². The third kappa shape index (κ3) is 2.34. The molecule has 0 aliphatic rings. The van der Waals surface area contributed by atoms with Gasteiger partial charge in [-0.1, -0.05) is 18.1 Å². The van der Waals surface area contributed by atoms with E-state index in [1.807, 2.05) is 0 Å². The molecule has 0 radical (unpaired) electrons. The number of ketones is 1. The first-order valence-electron chi connectivity index (χ1n) is 3.92. The van der Waals surface area contributed by atoms with Crippen LogP contribution in [0.5, 0.6) is 5.75 Å². The number of hydrogen-bond donors (Lipinski definition) is 0. The number of carbonyl (C=O) groups excluding carboxylic acids is 1. The topological polar surface area (TPSA) is 26.3 Å². The quantitative estimate of drug-likeness (QED) is 0.516. The van der Waals surface area contributed by atoms with Crippen molar-refractivity contribution >= 4 is 5.78 Å². The molecule has 0 N–H and O–H groups in total. The predicted molar refractivity (Wildman–Crippen MR) is 50.8 cm³/mol. The van der Waals surface area contributed by atoms with Crippen LogP contribution in [-0.2, 0) is 0 Å². The van der Waals surface area contributed by atoms with Gasteiger partial charge >= 0.3 is 0 Å². The average Bonchev–Trinajstić information content (AvgIpc) is 2.15. The first kappa shape index (κ1) is 9.34. The average molecular weight is 174 g/mol. The van der Waals surface area contributed by atoms with Gasteiger partial charge in [-0.15, -0.1) is 6.42 Å². The third-order valence-corrected chi connectivity index (χ3v) is 1.58. The molecule has 1 aromatic rings. The summed E-state index contributed by atoms with van der Waals surface area (Å²) in [6.45, 7) is 1.68. The number of rotatable bonds is 3. The highest BCUT2D eigenvalue weighted by atomic mass is 16.5. The van der Waals surface area contributed by atoms with Gasteiger partial charge < -0.3 is 4.74 Å². The summed E-state index contributed by atoms with van der Waals surface area (Å²) in [4.78, 5) is 11.1. The van der Waals surface area contributed by atoms with Crippen molar-refractivity contribution in [1.82, 2.24) is 0 Å². The number of hydrogen-bond acceptors (Lipinski definition) is 2. The summed E-state index contributed by atoms with van der Waals surface area (Å²) in [6.07, 6.45) is 5.04. The molecule has 2 heteroatoms. The maximum atomic E-state index is 11.1. The Morgan fingerprint density at radius 1 is 1.54 bits per heavy atom. The Bertz CT molecular complexity index is 347. The molecular weight excluding hydrogens is 164 g/mol. The molecule has 0 aliphatic carbocycles. The summed E-state index contributed by atoms with van der Waals surface area (Å²) in [5.41, 5.74) is 0.567. The predicted octanol–water partition coefficient (Wildman–Crippen LogP) is 1.90. The van der Waals surface area contributed by atoms with Gasteiger partial charge in [0.25, 0.3) is 0 Å². The minimum Gasteiger partial charge on any atom is -0.480 e. The van der Waals surface area contributed by atoms with Gasteiger partial charge in [0.05, 0.1) is 5.56 Å². The van der Waals surface area contributed by atoms with Crippen molar-refractivity contribution in [2.45, 2.75) is 6.92 Å². The van der Waals surface area contributed by atoms with E-state index in [4.69, 9.17) is 11.2 Å². The molecule has 0 aliphatic heterocycles. The molecule has 66 valence electrons. The maximum absolute atomic E-state index is 11.1. The van der Waals surface area contributed by atoms with Crippen molar-refractivity contribution in [1.29, 1.82) is 0 Å². The summed E-state index contributed by atoms with van der Waals surface area (Å²) in [5.74, 6) is 2.88. The van der Waals surface area contributed by atoms with E-state index in [0.717, 1.165) is 0 Å². The number of ether oxygens (including phenoxy) is 1. The second-order valence-corrected chi connectivity index (χ2v) is 2.55. The molecule has 1 rings (SSSR count). The molecule has 1 aromatic carbocycles. The molecule has 0 unspecified atom stereocenters. The molecule has 0 atom stereocenters. The number of terminal acetylenes is 1. The Balaban J connectivity index is 2.92. The van der Waals surface area contributed by atoms with Crippen LogP contribution in [0.4, 0.5) is 0 Å². The summed E-state index contributed by atoms with van der Waals surface area (Å²) >= 11 is 0. The minimum absolute atomic E-state index is 0.0207. The zero-order chi connectivity index (χ0) is 9.68. The highest BCUT2D eigenvalue weighted by Gasteiger charge is 2.05. The molecule has 2 nitrogen and oxygen atoms in total. The zero-order valence-electron chi connectivity index (χ0n) is 7.41. The van der Waals surface area contributed by atoms with E-state index in [1.165, 1.54) is 6.92 Å². The Morgan fingerprint density at radius 3 is 2.85 bits per heavy atom. The molecule has 0 spiro atoms. The van der Waals surface area contributed by atoms with Gasteiger partial charge in [0.2, 0.25) is 0 Å². The van der Waals surface area contributed by atoms with E-state index in [9.17, 15) is 4.79 Å². The number of carbonyl (C=O) groups is 1. The van der Waals surface area contributed by atoms with Crippen molar-refractivity contribution in [2.24, 2.45) is 0 Å². The molecule has 0 fully saturated rings. The SMILES string of the molecule is C#CCOc1ccccc1C(C)=O. The summed E-state index contributed by atoms with van der Waals surface area (Å²) in [5, 5.41) is 0. The van der Waals surface area contributed by atoms with Crippen LogP contribution in [0.25, 0.3) is 0 Å². The Morgan fingerprint density at radius 2 is 2.23 bits per heavy atom. The number of Topliss-reactive ketones (excluding diaryl/α,β-unsaturated/α-hetero) is 1. The fraction of sp³-hybridized carbons (Fsp3) is 0.182. The maximum Gasteiger partial charge on any atom is 0.163 e. The van der Waals surface area contributed by atoms with Crippen LogP contribution in [0.15, 0.2) is 24.3 Å². The first-order chi connectivity index (χ1) is 6.25. The van der Waals surface area contributed by atoms with E-state index in [-0.39, 0.29) is 12.4 Å². The van der Waals surface area contributed by atoms with E-state index < -0.39 is 0 Å². The van der Waals surface area contributed by atoms with Gasteiger partial charge in [0.15, 0.2) is 5.78 Å². The molecule has 13 heavy (non-hydrogen) atoms. The minimum atomic E-state index is -0.0207. The molecular formula is C11H10O2. The lowest BCUT2D eigenvalue weighted by Crippen LogP contribution is -2.00. The van der Waals surface area contributed by atoms with Crippen molar-refractivity contribution in [3.05, 3.63) is 29.8 Å². The molecule has 0 bridgehead atoms. The lowest BCUT2D eigenvalue weighted by atomic mass is 10.1. The number of benzene rings is 1. The first-order valence-corrected chi connectivity index (χ1v) is 3.92. The molecule has 0 aromatic heterocycles. The van der Waals surface area contributed by atoms with E-state index >= 15 is 0 Å². The van der Waals surface area contributed by atoms with E-state index in [2.05, 4.69) is 5.92 Å². The highest BCUT2D eigenvalue weighted by molar-refractivity contribution is 5.96. The Hall–Kier alpha value is -1.75. The van der Waals surface area contributed by atoms with Gasteiger partial charge in [0.1, 0.15) is 12.4 Å². The van der Waals surface area contributed by atoms with Crippen LogP contribution in [0.1, 0.15) is 17.3 Å². The van der Waals surface area contributed by atoms with Crippen molar-refractivity contribution in [2.75, 3.05) is 6.61 Å². The highest BCUT2D eigenvalue weighted by Crippen LogP contribution is 2.17. The van der Waals surface area contributed by atoms with Crippen LogP contribution in [0.3, 0.4) is 0 Å². The van der Waals surface area contributed by atoms with E-state index in [1.54, 1.807) is 24.3 Å². The molecule has 0 heterocycles. The fourth-order valence-corrected chi connectivity index (χ4v) is 1.00. The fourth-order valence-electron chi connectivity index (χ4n) is 1.00. The van der Waals surface area contributed by atoms with Crippen LogP contribution in [0, 0.1) is 12.3 Å². The normalized spacial score (nSPS) is 8.92. The second-order valence-electron chi connectivity index (χ2n) is 2.55. The largest absolute Gasteiger partial charge is 0.480 e. The zero-order valence-corrected chi connectivity index (χ0v) is 7.41. The smallest absolute Gasteiger partial charge is 0.163 e. The Labute approximate surface area is 77.5 Å². The summed E-state index contributed by atoms with van der Waals surface area (Å²) in [6, 6.07) is 7.04. The number of para-hydroxylation sites is 1. The monoisotopic (exact) mass is 174 g/mol. The van der Waals surface area contributed by atoms with Gasteiger partial charge in [-0.25, -0.2) is 0 Å². The van der Waals surface area contributed by atoms with Gasteiger partial charge in [-0.05, 0) is 19.1 Å².